The number of halogens is 2. The summed E-state index contributed by atoms with van der Waals surface area (Å²) in [6.45, 7) is 2.19. The van der Waals surface area contributed by atoms with E-state index in [0.717, 1.165) is 12.0 Å². The molecular weight excluding hydrogens is 229 g/mol. The van der Waals surface area contributed by atoms with Crippen LogP contribution in [0.3, 0.4) is 0 Å². The van der Waals surface area contributed by atoms with Gasteiger partial charge in [0, 0.05) is 15.6 Å². The Hall–Kier alpha value is -0.240. The molecule has 0 aliphatic heterocycles. The minimum Gasteiger partial charge on any atom is -0.321 e. The molecule has 15 heavy (non-hydrogen) atoms. The molecule has 2 unspecified atom stereocenters. The second-order valence-corrected chi connectivity index (χ2v) is 5.30. The van der Waals surface area contributed by atoms with Gasteiger partial charge in [-0.1, -0.05) is 42.6 Å². The second kappa shape index (κ2) is 3.97. The van der Waals surface area contributed by atoms with E-state index in [1.807, 2.05) is 12.1 Å². The maximum Gasteiger partial charge on any atom is 0.0471 e. The van der Waals surface area contributed by atoms with E-state index in [1.165, 1.54) is 12.8 Å². The molecule has 0 heterocycles. The summed E-state index contributed by atoms with van der Waals surface area (Å²) in [7, 11) is 0. The molecule has 1 nitrogen and oxygen atoms in total. The average Bonchev–Trinajstić information content (AvgIpc) is 2.47. The summed E-state index contributed by atoms with van der Waals surface area (Å²) < 4.78 is 0. The van der Waals surface area contributed by atoms with E-state index in [-0.39, 0.29) is 5.54 Å². The van der Waals surface area contributed by atoms with Crippen molar-refractivity contribution in [2.75, 3.05) is 0 Å². The summed E-state index contributed by atoms with van der Waals surface area (Å²) in [6.07, 6.45) is 3.36. The molecular formula is C12H15Cl2N. The number of hydrogen-bond donors (Lipinski definition) is 1. The summed E-state index contributed by atoms with van der Waals surface area (Å²) in [5, 5.41) is 1.36. The number of nitrogens with two attached hydrogens (primary N) is 1. The third kappa shape index (κ3) is 1.89. The molecule has 1 aromatic rings. The minimum absolute atomic E-state index is 0.262. The van der Waals surface area contributed by atoms with Crippen LogP contribution in [0, 0.1) is 5.92 Å². The molecule has 0 spiro atoms. The van der Waals surface area contributed by atoms with Crippen molar-refractivity contribution in [2.24, 2.45) is 11.7 Å². The molecule has 2 atom stereocenters. The van der Waals surface area contributed by atoms with E-state index < -0.39 is 0 Å². The van der Waals surface area contributed by atoms with Gasteiger partial charge in [-0.05, 0) is 36.5 Å². The van der Waals surface area contributed by atoms with Crippen LogP contribution in [0.1, 0.15) is 31.7 Å². The van der Waals surface area contributed by atoms with E-state index in [1.54, 1.807) is 6.07 Å². The Labute approximate surface area is 101 Å². The lowest BCUT2D eigenvalue weighted by atomic mass is 9.82. The Balaban J connectivity index is 2.44. The van der Waals surface area contributed by atoms with Gasteiger partial charge in [0.05, 0.1) is 0 Å². The van der Waals surface area contributed by atoms with Crippen molar-refractivity contribution >= 4 is 23.2 Å². The van der Waals surface area contributed by atoms with Crippen LogP contribution >= 0.6 is 23.2 Å². The molecule has 2 rings (SSSR count). The molecule has 1 aromatic carbocycles. The third-order valence-electron chi connectivity index (χ3n) is 3.54. The van der Waals surface area contributed by atoms with E-state index >= 15 is 0 Å². The van der Waals surface area contributed by atoms with Gasteiger partial charge < -0.3 is 5.73 Å². The number of benzene rings is 1. The summed E-state index contributed by atoms with van der Waals surface area (Å²) in [5.41, 5.74) is 7.23. The van der Waals surface area contributed by atoms with Crippen molar-refractivity contribution in [3.63, 3.8) is 0 Å². The van der Waals surface area contributed by atoms with Crippen LogP contribution in [0.5, 0.6) is 0 Å². The van der Waals surface area contributed by atoms with Gasteiger partial charge in [-0.2, -0.15) is 0 Å². The highest BCUT2D eigenvalue weighted by atomic mass is 35.5. The van der Waals surface area contributed by atoms with Gasteiger partial charge >= 0.3 is 0 Å². The SMILES string of the molecule is CC1CCCC1(N)c1ccc(Cl)cc1Cl. The van der Waals surface area contributed by atoms with E-state index in [2.05, 4.69) is 6.92 Å². The third-order valence-corrected chi connectivity index (χ3v) is 4.09. The molecule has 82 valence electrons. The average molecular weight is 244 g/mol. The topological polar surface area (TPSA) is 26.0 Å². The predicted octanol–water partition coefficient (Wildman–Crippen LogP) is 3.97. The first kappa shape index (κ1) is 11.3. The van der Waals surface area contributed by atoms with Crippen LogP contribution in [0.15, 0.2) is 18.2 Å². The normalized spacial score (nSPS) is 30.8. The zero-order chi connectivity index (χ0) is 11.1. The van der Waals surface area contributed by atoms with Crippen LogP contribution in [0.25, 0.3) is 0 Å². The fraction of sp³-hybridized carbons (Fsp3) is 0.500. The lowest BCUT2D eigenvalue weighted by Crippen LogP contribution is -2.39. The van der Waals surface area contributed by atoms with Crippen LogP contribution in [0.2, 0.25) is 10.0 Å². The molecule has 1 saturated carbocycles. The Morgan fingerprint density at radius 1 is 1.40 bits per heavy atom. The minimum atomic E-state index is -0.262. The summed E-state index contributed by atoms with van der Waals surface area (Å²) in [4.78, 5) is 0. The standard InChI is InChI=1S/C12H15Cl2N/c1-8-3-2-6-12(8,15)10-5-4-9(13)7-11(10)14/h4-5,7-8H,2-3,6,15H2,1H3. The van der Waals surface area contributed by atoms with Gasteiger partial charge in [0.15, 0.2) is 0 Å². The molecule has 0 saturated heterocycles. The highest BCUT2D eigenvalue weighted by Crippen LogP contribution is 2.43. The molecule has 2 N–H and O–H groups in total. The van der Waals surface area contributed by atoms with Crippen molar-refractivity contribution in [2.45, 2.75) is 31.7 Å². The lowest BCUT2D eigenvalue weighted by molar-refractivity contribution is 0.349. The molecule has 1 aliphatic carbocycles. The fourth-order valence-electron chi connectivity index (χ4n) is 2.47. The van der Waals surface area contributed by atoms with Crippen molar-refractivity contribution in [3.05, 3.63) is 33.8 Å². The largest absolute Gasteiger partial charge is 0.321 e. The van der Waals surface area contributed by atoms with Gasteiger partial charge in [0.2, 0.25) is 0 Å². The first-order valence-corrected chi connectivity index (χ1v) is 6.04. The Morgan fingerprint density at radius 3 is 2.67 bits per heavy atom. The maximum atomic E-state index is 6.45. The van der Waals surface area contributed by atoms with Crippen LogP contribution in [0.4, 0.5) is 0 Å². The van der Waals surface area contributed by atoms with Gasteiger partial charge in [0.1, 0.15) is 0 Å². The van der Waals surface area contributed by atoms with Gasteiger partial charge in [-0.3, -0.25) is 0 Å². The first-order chi connectivity index (χ1) is 7.04. The zero-order valence-corrected chi connectivity index (χ0v) is 10.3. The Kier molecular flexibility index (Phi) is 2.98. The Bertz CT molecular complexity index is 378. The van der Waals surface area contributed by atoms with Crippen LogP contribution in [-0.4, -0.2) is 0 Å². The summed E-state index contributed by atoms with van der Waals surface area (Å²) in [5.74, 6) is 0.483. The quantitative estimate of drug-likeness (QED) is 0.794. The number of rotatable bonds is 1. The highest BCUT2D eigenvalue weighted by molar-refractivity contribution is 6.35. The molecule has 0 bridgehead atoms. The zero-order valence-electron chi connectivity index (χ0n) is 8.76. The van der Waals surface area contributed by atoms with Crippen LogP contribution < -0.4 is 5.73 Å². The molecule has 0 radical (unpaired) electrons. The van der Waals surface area contributed by atoms with Gasteiger partial charge in [-0.15, -0.1) is 0 Å². The van der Waals surface area contributed by atoms with E-state index in [0.29, 0.717) is 16.0 Å². The van der Waals surface area contributed by atoms with E-state index in [4.69, 9.17) is 28.9 Å². The predicted molar refractivity (Wildman–Crippen MR) is 65.3 cm³/mol. The Morgan fingerprint density at radius 2 is 2.13 bits per heavy atom. The highest BCUT2D eigenvalue weighted by Gasteiger charge is 2.39. The van der Waals surface area contributed by atoms with Gasteiger partial charge in [-0.25, -0.2) is 0 Å². The molecule has 1 fully saturated rings. The first-order valence-electron chi connectivity index (χ1n) is 5.28. The van der Waals surface area contributed by atoms with Crippen LogP contribution in [-0.2, 0) is 5.54 Å². The monoisotopic (exact) mass is 243 g/mol. The molecule has 3 heteroatoms. The van der Waals surface area contributed by atoms with Gasteiger partial charge in [0.25, 0.3) is 0 Å². The van der Waals surface area contributed by atoms with Crippen molar-refractivity contribution in [1.82, 2.24) is 0 Å². The smallest absolute Gasteiger partial charge is 0.0471 e. The number of hydrogen-bond acceptors (Lipinski definition) is 1. The van der Waals surface area contributed by atoms with E-state index in [9.17, 15) is 0 Å². The fourth-order valence-corrected chi connectivity index (χ4v) is 3.06. The van der Waals surface area contributed by atoms with Crippen molar-refractivity contribution in [1.29, 1.82) is 0 Å². The molecule has 0 amide bonds. The second-order valence-electron chi connectivity index (χ2n) is 4.46. The molecule has 0 aromatic heterocycles. The maximum absolute atomic E-state index is 6.45. The summed E-state index contributed by atoms with van der Waals surface area (Å²) >= 11 is 12.1. The van der Waals surface area contributed by atoms with Crippen molar-refractivity contribution in [3.8, 4) is 0 Å². The lowest BCUT2D eigenvalue weighted by Gasteiger charge is -2.30. The molecule has 1 aliphatic rings. The summed E-state index contributed by atoms with van der Waals surface area (Å²) in [6, 6.07) is 5.60. The van der Waals surface area contributed by atoms with Crippen molar-refractivity contribution < 1.29 is 0 Å².